The Labute approximate surface area is 86.9 Å². The fourth-order valence-electron chi connectivity index (χ4n) is 1.33. The van der Waals surface area contributed by atoms with Crippen LogP contribution in [0.15, 0.2) is 22.7 Å². The first-order valence-electron chi connectivity index (χ1n) is 4.29. The zero-order valence-corrected chi connectivity index (χ0v) is 9.21. The number of hydrogen-bond donors (Lipinski definition) is 2. The van der Waals surface area contributed by atoms with E-state index in [0.29, 0.717) is 13.0 Å². The molecule has 3 heteroatoms. The summed E-state index contributed by atoms with van der Waals surface area (Å²) in [5, 5.41) is 9.70. The van der Waals surface area contributed by atoms with E-state index in [1.165, 1.54) is 0 Å². The van der Waals surface area contributed by atoms with Gasteiger partial charge in [0.25, 0.3) is 0 Å². The van der Waals surface area contributed by atoms with Crippen molar-refractivity contribution in [3.05, 3.63) is 33.8 Å². The van der Waals surface area contributed by atoms with Gasteiger partial charge in [0.1, 0.15) is 0 Å². The van der Waals surface area contributed by atoms with E-state index in [1.54, 1.807) is 0 Å². The summed E-state index contributed by atoms with van der Waals surface area (Å²) in [5.74, 6) is 0. The van der Waals surface area contributed by atoms with Gasteiger partial charge in [0.2, 0.25) is 0 Å². The average Bonchev–Trinajstić information content (AvgIpc) is 2.04. The molecule has 3 N–H and O–H groups in total. The summed E-state index contributed by atoms with van der Waals surface area (Å²) in [6, 6.07) is 5.86. The minimum atomic E-state index is -0.432. The SMILES string of the molecule is Cc1cc(Br)ccc1[C@H](O)CCN. The highest BCUT2D eigenvalue weighted by atomic mass is 79.9. The number of halogens is 1. The topological polar surface area (TPSA) is 46.2 Å². The van der Waals surface area contributed by atoms with Crippen LogP contribution < -0.4 is 5.73 Å². The zero-order chi connectivity index (χ0) is 9.84. The molecule has 0 amide bonds. The maximum absolute atomic E-state index is 9.70. The molecular weight excluding hydrogens is 230 g/mol. The molecule has 0 bridgehead atoms. The Balaban J connectivity index is 2.88. The molecule has 0 aliphatic heterocycles. The van der Waals surface area contributed by atoms with Crippen LogP contribution in [-0.2, 0) is 0 Å². The van der Waals surface area contributed by atoms with Gasteiger partial charge in [0.05, 0.1) is 6.10 Å². The van der Waals surface area contributed by atoms with Crippen LogP contribution in [0.3, 0.4) is 0 Å². The lowest BCUT2D eigenvalue weighted by molar-refractivity contribution is 0.169. The van der Waals surface area contributed by atoms with E-state index in [2.05, 4.69) is 15.9 Å². The van der Waals surface area contributed by atoms with E-state index >= 15 is 0 Å². The lowest BCUT2D eigenvalue weighted by Crippen LogP contribution is -2.07. The smallest absolute Gasteiger partial charge is 0.0804 e. The van der Waals surface area contributed by atoms with E-state index < -0.39 is 6.10 Å². The van der Waals surface area contributed by atoms with Crippen molar-refractivity contribution in [3.8, 4) is 0 Å². The molecule has 1 atom stereocenters. The van der Waals surface area contributed by atoms with E-state index in [0.717, 1.165) is 15.6 Å². The third-order valence-corrected chi connectivity index (χ3v) is 2.52. The molecule has 1 rings (SSSR count). The van der Waals surface area contributed by atoms with E-state index in [4.69, 9.17) is 5.73 Å². The summed E-state index contributed by atoms with van der Waals surface area (Å²) >= 11 is 3.38. The second-order valence-corrected chi connectivity index (χ2v) is 4.01. The summed E-state index contributed by atoms with van der Waals surface area (Å²) in [7, 11) is 0. The van der Waals surface area contributed by atoms with E-state index in [-0.39, 0.29) is 0 Å². The highest BCUT2D eigenvalue weighted by Gasteiger charge is 2.08. The number of aliphatic hydroxyl groups is 1. The molecular formula is C10H14BrNO. The van der Waals surface area contributed by atoms with Gasteiger partial charge in [-0.3, -0.25) is 0 Å². The third kappa shape index (κ3) is 2.79. The number of aliphatic hydroxyl groups excluding tert-OH is 1. The Morgan fingerprint density at radius 3 is 2.77 bits per heavy atom. The van der Waals surface area contributed by atoms with Crippen molar-refractivity contribution in [2.75, 3.05) is 6.54 Å². The van der Waals surface area contributed by atoms with Crippen molar-refractivity contribution in [1.29, 1.82) is 0 Å². The van der Waals surface area contributed by atoms with Crippen LogP contribution in [0.1, 0.15) is 23.7 Å². The molecule has 0 radical (unpaired) electrons. The van der Waals surface area contributed by atoms with Crippen molar-refractivity contribution >= 4 is 15.9 Å². The van der Waals surface area contributed by atoms with Gasteiger partial charge < -0.3 is 10.8 Å². The first-order valence-corrected chi connectivity index (χ1v) is 5.08. The van der Waals surface area contributed by atoms with Crippen LogP contribution in [0.25, 0.3) is 0 Å². The van der Waals surface area contributed by atoms with Gasteiger partial charge in [0.15, 0.2) is 0 Å². The predicted molar refractivity (Wildman–Crippen MR) is 57.5 cm³/mol. The van der Waals surface area contributed by atoms with Crippen LogP contribution in [0, 0.1) is 6.92 Å². The van der Waals surface area contributed by atoms with Gasteiger partial charge in [-0.2, -0.15) is 0 Å². The average molecular weight is 244 g/mol. The summed E-state index contributed by atoms with van der Waals surface area (Å²) in [6.07, 6.45) is 0.181. The van der Waals surface area contributed by atoms with Crippen molar-refractivity contribution in [2.45, 2.75) is 19.4 Å². The second kappa shape index (κ2) is 4.74. The molecule has 0 aliphatic carbocycles. The molecule has 1 aromatic rings. The fraction of sp³-hybridized carbons (Fsp3) is 0.400. The van der Waals surface area contributed by atoms with E-state index in [1.807, 2.05) is 25.1 Å². The number of nitrogens with two attached hydrogens (primary N) is 1. The van der Waals surface area contributed by atoms with Crippen LogP contribution in [0.2, 0.25) is 0 Å². The minimum Gasteiger partial charge on any atom is -0.388 e. The molecule has 0 saturated carbocycles. The van der Waals surface area contributed by atoms with Crippen LogP contribution in [0.4, 0.5) is 0 Å². The van der Waals surface area contributed by atoms with Crippen molar-refractivity contribution in [3.63, 3.8) is 0 Å². The standard InChI is InChI=1S/C10H14BrNO/c1-7-6-8(11)2-3-9(7)10(13)4-5-12/h2-3,6,10,13H,4-5,12H2,1H3/t10-/m1/s1. The molecule has 0 aliphatic rings. The number of hydrogen-bond acceptors (Lipinski definition) is 2. The lowest BCUT2D eigenvalue weighted by atomic mass is 10.0. The summed E-state index contributed by atoms with van der Waals surface area (Å²) in [5.41, 5.74) is 7.44. The largest absolute Gasteiger partial charge is 0.388 e. The summed E-state index contributed by atoms with van der Waals surface area (Å²) < 4.78 is 1.04. The number of benzene rings is 1. The lowest BCUT2D eigenvalue weighted by Gasteiger charge is -2.12. The van der Waals surface area contributed by atoms with E-state index in [9.17, 15) is 5.11 Å². The molecule has 2 nitrogen and oxygen atoms in total. The van der Waals surface area contributed by atoms with Gasteiger partial charge >= 0.3 is 0 Å². The van der Waals surface area contributed by atoms with Crippen LogP contribution in [0.5, 0.6) is 0 Å². The van der Waals surface area contributed by atoms with Gasteiger partial charge in [-0.05, 0) is 43.1 Å². The van der Waals surface area contributed by atoms with Gasteiger partial charge in [-0.15, -0.1) is 0 Å². The number of aryl methyl sites for hydroxylation is 1. The molecule has 1 aromatic carbocycles. The highest BCUT2D eigenvalue weighted by Crippen LogP contribution is 2.23. The molecule has 0 saturated heterocycles. The molecule has 13 heavy (non-hydrogen) atoms. The maximum Gasteiger partial charge on any atom is 0.0804 e. The third-order valence-electron chi connectivity index (χ3n) is 2.03. The quantitative estimate of drug-likeness (QED) is 0.855. The monoisotopic (exact) mass is 243 g/mol. The molecule has 72 valence electrons. The Bertz CT molecular complexity index is 288. The van der Waals surface area contributed by atoms with Crippen LogP contribution >= 0.6 is 15.9 Å². The Hall–Kier alpha value is -0.380. The van der Waals surface area contributed by atoms with Crippen molar-refractivity contribution in [1.82, 2.24) is 0 Å². The number of rotatable bonds is 3. The normalized spacial score (nSPS) is 12.9. The van der Waals surface area contributed by atoms with Gasteiger partial charge in [-0.1, -0.05) is 22.0 Å². The first kappa shape index (κ1) is 10.7. The molecule has 0 fully saturated rings. The second-order valence-electron chi connectivity index (χ2n) is 3.09. The minimum absolute atomic E-state index is 0.432. The predicted octanol–water partition coefficient (Wildman–Crippen LogP) is 2.14. The highest BCUT2D eigenvalue weighted by molar-refractivity contribution is 9.10. The molecule has 0 aromatic heterocycles. The van der Waals surface area contributed by atoms with Crippen molar-refractivity contribution in [2.24, 2.45) is 5.73 Å². The molecule has 0 unspecified atom stereocenters. The van der Waals surface area contributed by atoms with Gasteiger partial charge in [0, 0.05) is 4.47 Å². The summed E-state index contributed by atoms with van der Waals surface area (Å²) in [6.45, 7) is 2.50. The molecule has 0 spiro atoms. The Kier molecular flexibility index (Phi) is 3.90. The van der Waals surface area contributed by atoms with Crippen molar-refractivity contribution < 1.29 is 5.11 Å². The molecule has 0 heterocycles. The Morgan fingerprint density at radius 1 is 1.54 bits per heavy atom. The Morgan fingerprint density at radius 2 is 2.23 bits per heavy atom. The summed E-state index contributed by atoms with van der Waals surface area (Å²) in [4.78, 5) is 0. The van der Waals surface area contributed by atoms with Crippen LogP contribution in [-0.4, -0.2) is 11.7 Å². The first-order chi connectivity index (χ1) is 6.15. The van der Waals surface area contributed by atoms with Gasteiger partial charge in [-0.25, -0.2) is 0 Å². The zero-order valence-electron chi connectivity index (χ0n) is 7.63. The fourth-order valence-corrected chi connectivity index (χ4v) is 1.80. The maximum atomic E-state index is 9.70.